The molecule has 3 aromatic rings. The molecular weight excluding hydrogens is 246 g/mol. The number of nitro benzene ring substituents is 1. The summed E-state index contributed by atoms with van der Waals surface area (Å²) in [4.78, 5) is 14.6. The fourth-order valence-corrected chi connectivity index (χ4v) is 1.92. The molecule has 6 nitrogen and oxygen atoms in total. The van der Waals surface area contributed by atoms with Crippen molar-refractivity contribution in [1.29, 1.82) is 0 Å². The van der Waals surface area contributed by atoms with Crippen molar-refractivity contribution in [2.45, 2.75) is 0 Å². The lowest BCUT2D eigenvalue weighted by Gasteiger charge is -1.95. The molecule has 19 heavy (non-hydrogen) atoms. The third-order valence-corrected chi connectivity index (χ3v) is 2.81. The molecule has 0 unspecified atom stereocenters. The Morgan fingerprint density at radius 1 is 1.26 bits per heavy atom. The number of fused-ring (bicyclic) bond motifs is 1. The van der Waals surface area contributed by atoms with Crippen molar-refractivity contribution in [2.24, 2.45) is 0 Å². The van der Waals surface area contributed by atoms with Gasteiger partial charge in [0.2, 0.25) is 0 Å². The Balaban J connectivity index is 2.16. The Bertz CT molecular complexity index is 780. The quantitative estimate of drug-likeness (QED) is 0.563. The molecular formula is C13H9N3O3. The molecule has 0 saturated carbocycles. The summed E-state index contributed by atoms with van der Waals surface area (Å²) in [5, 5.41) is 20.4. The van der Waals surface area contributed by atoms with Crippen LogP contribution in [0, 0.1) is 10.1 Å². The topological polar surface area (TPSA) is 80.7 Å². The summed E-state index contributed by atoms with van der Waals surface area (Å²) >= 11 is 0. The van der Waals surface area contributed by atoms with E-state index in [2.05, 4.69) is 4.98 Å². The Morgan fingerprint density at radius 3 is 2.84 bits per heavy atom. The van der Waals surface area contributed by atoms with Crippen LogP contribution in [-0.4, -0.2) is 19.4 Å². The van der Waals surface area contributed by atoms with Crippen LogP contribution in [0.25, 0.3) is 16.9 Å². The van der Waals surface area contributed by atoms with Crippen LogP contribution in [0.2, 0.25) is 0 Å². The van der Waals surface area contributed by atoms with Crippen LogP contribution >= 0.6 is 0 Å². The van der Waals surface area contributed by atoms with Crippen LogP contribution in [0.4, 0.5) is 5.69 Å². The highest BCUT2D eigenvalue weighted by Gasteiger charge is 2.11. The van der Waals surface area contributed by atoms with Crippen molar-refractivity contribution in [3.63, 3.8) is 0 Å². The van der Waals surface area contributed by atoms with Gasteiger partial charge in [-0.25, -0.2) is 4.98 Å². The molecule has 0 spiro atoms. The van der Waals surface area contributed by atoms with Crippen molar-refractivity contribution >= 4 is 11.3 Å². The molecule has 0 aliphatic rings. The first kappa shape index (κ1) is 11.2. The minimum atomic E-state index is -0.448. The number of aromatic nitrogens is 2. The van der Waals surface area contributed by atoms with E-state index in [4.69, 9.17) is 0 Å². The van der Waals surface area contributed by atoms with Gasteiger partial charge in [-0.1, -0.05) is 12.1 Å². The number of nitro groups is 1. The molecule has 2 aromatic heterocycles. The van der Waals surface area contributed by atoms with Gasteiger partial charge >= 0.3 is 0 Å². The van der Waals surface area contributed by atoms with Crippen LogP contribution in [0.1, 0.15) is 0 Å². The maximum absolute atomic E-state index is 10.8. The summed E-state index contributed by atoms with van der Waals surface area (Å²) < 4.78 is 1.67. The lowest BCUT2D eigenvalue weighted by molar-refractivity contribution is -0.384. The smallest absolute Gasteiger partial charge is 0.270 e. The third-order valence-electron chi connectivity index (χ3n) is 2.81. The van der Waals surface area contributed by atoms with Crippen LogP contribution in [-0.2, 0) is 0 Å². The highest BCUT2D eigenvalue weighted by molar-refractivity contribution is 5.67. The second-order valence-corrected chi connectivity index (χ2v) is 4.06. The molecule has 2 heterocycles. The number of non-ortho nitro benzene ring substituents is 1. The van der Waals surface area contributed by atoms with Gasteiger partial charge < -0.3 is 9.51 Å². The molecule has 0 saturated heterocycles. The molecule has 1 N–H and O–H groups in total. The number of pyridine rings is 1. The van der Waals surface area contributed by atoms with E-state index >= 15 is 0 Å². The first-order valence-corrected chi connectivity index (χ1v) is 5.56. The van der Waals surface area contributed by atoms with Gasteiger partial charge in [-0.05, 0) is 12.1 Å². The third kappa shape index (κ3) is 1.89. The van der Waals surface area contributed by atoms with Gasteiger partial charge in [0.25, 0.3) is 5.69 Å². The average Bonchev–Trinajstić information content (AvgIpc) is 2.84. The highest BCUT2D eigenvalue weighted by atomic mass is 16.6. The lowest BCUT2D eigenvalue weighted by atomic mass is 10.1. The monoisotopic (exact) mass is 255 g/mol. The normalized spacial score (nSPS) is 10.7. The van der Waals surface area contributed by atoms with Crippen molar-refractivity contribution in [3.05, 3.63) is 58.9 Å². The summed E-state index contributed by atoms with van der Waals surface area (Å²) in [6.07, 6.45) is 3.47. The average molecular weight is 255 g/mol. The zero-order valence-electron chi connectivity index (χ0n) is 9.72. The van der Waals surface area contributed by atoms with Gasteiger partial charge in [-0.3, -0.25) is 10.1 Å². The number of benzene rings is 1. The molecule has 0 radical (unpaired) electrons. The molecule has 0 aliphatic carbocycles. The fraction of sp³-hybridized carbons (Fsp3) is 0. The molecule has 0 aliphatic heterocycles. The minimum Gasteiger partial charge on any atom is -0.504 e. The van der Waals surface area contributed by atoms with E-state index in [-0.39, 0.29) is 11.4 Å². The number of imidazole rings is 1. The van der Waals surface area contributed by atoms with E-state index < -0.39 is 4.92 Å². The number of hydrogen-bond acceptors (Lipinski definition) is 4. The van der Waals surface area contributed by atoms with E-state index in [0.29, 0.717) is 16.9 Å². The summed E-state index contributed by atoms with van der Waals surface area (Å²) in [5.41, 5.74) is 1.64. The molecule has 6 heteroatoms. The van der Waals surface area contributed by atoms with E-state index in [1.54, 1.807) is 41.1 Å². The summed E-state index contributed by atoms with van der Waals surface area (Å²) in [7, 11) is 0. The number of hydrogen-bond donors (Lipinski definition) is 1. The summed E-state index contributed by atoms with van der Waals surface area (Å²) in [6, 6.07) is 9.47. The Morgan fingerprint density at radius 2 is 2.11 bits per heavy atom. The van der Waals surface area contributed by atoms with Gasteiger partial charge in [0.1, 0.15) is 0 Å². The van der Waals surface area contributed by atoms with Gasteiger partial charge in [0, 0.05) is 30.1 Å². The maximum atomic E-state index is 10.8. The largest absolute Gasteiger partial charge is 0.504 e. The van der Waals surface area contributed by atoms with Crippen molar-refractivity contribution in [2.75, 3.05) is 0 Å². The Hall–Kier alpha value is -2.89. The van der Waals surface area contributed by atoms with Crippen molar-refractivity contribution < 1.29 is 10.0 Å². The van der Waals surface area contributed by atoms with E-state index in [1.165, 1.54) is 12.1 Å². The first-order valence-electron chi connectivity index (χ1n) is 5.56. The lowest BCUT2D eigenvalue weighted by Crippen LogP contribution is -1.87. The Kier molecular flexibility index (Phi) is 2.42. The van der Waals surface area contributed by atoms with Gasteiger partial charge in [0.05, 0.1) is 10.6 Å². The number of aromatic hydroxyl groups is 1. The van der Waals surface area contributed by atoms with E-state index in [0.717, 1.165) is 0 Å². The van der Waals surface area contributed by atoms with Crippen LogP contribution in [0.15, 0.2) is 48.8 Å². The molecule has 0 amide bonds. The highest BCUT2D eigenvalue weighted by Crippen LogP contribution is 2.25. The van der Waals surface area contributed by atoms with Gasteiger partial charge in [0.15, 0.2) is 11.4 Å². The van der Waals surface area contributed by atoms with Crippen LogP contribution in [0.3, 0.4) is 0 Å². The van der Waals surface area contributed by atoms with Gasteiger partial charge in [-0.15, -0.1) is 0 Å². The molecule has 3 rings (SSSR count). The molecule has 0 bridgehead atoms. The first-order chi connectivity index (χ1) is 9.15. The molecule has 94 valence electrons. The SMILES string of the molecule is O=[N+]([O-])c1cccc(-c2cn3cccc(O)c3n2)c1. The van der Waals surface area contributed by atoms with Crippen molar-refractivity contribution in [3.8, 4) is 17.0 Å². The second-order valence-electron chi connectivity index (χ2n) is 4.06. The fourth-order valence-electron chi connectivity index (χ4n) is 1.92. The molecule has 1 aromatic carbocycles. The number of nitrogens with zero attached hydrogens (tertiary/aromatic N) is 3. The zero-order valence-corrected chi connectivity index (χ0v) is 9.72. The summed E-state index contributed by atoms with van der Waals surface area (Å²) in [6.45, 7) is 0. The molecule has 0 atom stereocenters. The van der Waals surface area contributed by atoms with E-state index in [1.807, 2.05) is 0 Å². The van der Waals surface area contributed by atoms with Crippen molar-refractivity contribution in [1.82, 2.24) is 9.38 Å². The number of rotatable bonds is 2. The standard InChI is InChI=1S/C13H9N3O3/c17-12-5-2-6-15-8-11(14-13(12)15)9-3-1-4-10(7-9)16(18)19/h1-8,17H. The summed E-state index contributed by atoms with van der Waals surface area (Å²) in [5.74, 6) is 0.0687. The maximum Gasteiger partial charge on any atom is 0.270 e. The molecule has 0 fully saturated rings. The zero-order chi connectivity index (χ0) is 13.4. The van der Waals surface area contributed by atoms with Crippen LogP contribution < -0.4 is 0 Å². The minimum absolute atomic E-state index is 0.0128. The predicted molar refractivity (Wildman–Crippen MR) is 68.9 cm³/mol. The second kappa shape index (κ2) is 4.09. The van der Waals surface area contributed by atoms with Crippen LogP contribution in [0.5, 0.6) is 5.75 Å². The Labute approximate surface area is 107 Å². The van der Waals surface area contributed by atoms with E-state index in [9.17, 15) is 15.2 Å². The van der Waals surface area contributed by atoms with Gasteiger partial charge in [-0.2, -0.15) is 0 Å². The predicted octanol–water partition coefficient (Wildman–Crippen LogP) is 2.62.